The summed E-state index contributed by atoms with van der Waals surface area (Å²) in [5.41, 5.74) is 17.4. The number of hydrogen-bond donors (Lipinski definition) is 8. The third kappa shape index (κ3) is 12.6. The molecule has 0 aromatic heterocycles. The van der Waals surface area contributed by atoms with E-state index >= 15 is 0 Å². The third-order valence-corrected chi connectivity index (χ3v) is 7.02. The fourth-order valence-electron chi connectivity index (χ4n) is 3.67. The molecule has 0 aliphatic carbocycles. The molecule has 0 saturated heterocycles. The number of carbonyl (C=O) groups excluding carboxylic acids is 3. The summed E-state index contributed by atoms with van der Waals surface area (Å²) < 4.78 is 0. The van der Waals surface area contributed by atoms with Crippen molar-refractivity contribution in [3.8, 4) is 5.75 Å². The first-order valence-electron chi connectivity index (χ1n) is 13.1. The van der Waals surface area contributed by atoms with Crippen molar-refractivity contribution in [3.05, 3.63) is 29.8 Å². The maximum absolute atomic E-state index is 13.3. The minimum absolute atomic E-state index is 0.0245. The molecule has 40 heavy (non-hydrogen) atoms. The smallest absolute Gasteiger partial charge is 0.326 e. The highest BCUT2D eigenvalue weighted by Gasteiger charge is 2.31. The number of carboxylic acid groups (broad SMARTS) is 1. The van der Waals surface area contributed by atoms with Gasteiger partial charge in [-0.05, 0) is 54.9 Å². The van der Waals surface area contributed by atoms with E-state index in [4.69, 9.17) is 17.2 Å². The van der Waals surface area contributed by atoms with Crippen molar-refractivity contribution in [1.29, 1.82) is 0 Å². The average molecular weight is 582 g/mol. The van der Waals surface area contributed by atoms with Gasteiger partial charge in [-0.25, -0.2) is 4.79 Å². The van der Waals surface area contributed by atoms with Crippen molar-refractivity contribution in [3.63, 3.8) is 0 Å². The van der Waals surface area contributed by atoms with Gasteiger partial charge in [0.25, 0.3) is 0 Å². The predicted molar refractivity (Wildman–Crippen MR) is 156 cm³/mol. The number of aliphatic imine (C=N–C) groups is 1. The highest BCUT2D eigenvalue weighted by Crippen LogP contribution is 2.12. The van der Waals surface area contributed by atoms with Crippen LogP contribution in [0.4, 0.5) is 0 Å². The molecule has 0 saturated carbocycles. The normalized spacial score (nSPS) is 14.6. The predicted octanol–water partition coefficient (Wildman–Crippen LogP) is -0.346. The first-order valence-corrected chi connectivity index (χ1v) is 14.5. The summed E-state index contributed by atoms with van der Waals surface area (Å²) in [6, 6.07) is 1.76. The molecular weight excluding hydrogens is 538 g/mol. The number of thioether (sulfide) groups is 1. The zero-order valence-corrected chi connectivity index (χ0v) is 24.1. The van der Waals surface area contributed by atoms with Crippen molar-refractivity contribution in [1.82, 2.24) is 16.0 Å². The van der Waals surface area contributed by atoms with E-state index in [2.05, 4.69) is 20.9 Å². The third-order valence-electron chi connectivity index (χ3n) is 6.37. The van der Waals surface area contributed by atoms with Gasteiger partial charge in [-0.1, -0.05) is 32.4 Å². The molecule has 1 rings (SSSR count). The Kier molecular flexibility index (Phi) is 15.5. The summed E-state index contributed by atoms with van der Waals surface area (Å²) in [5, 5.41) is 27.0. The van der Waals surface area contributed by atoms with E-state index < -0.39 is 47.9 Å². The summed E-state index contributed by atoms with van der Waals surface area (Å²) in [4.78, 5) is 55.0. The minimum atomic E-state index is -1.30. The number of guanidine groups is 1. The van der Waals surface area contributed by atoms with Crippen LogP contribution in [0.2, 0.25) is 0 Å². The number of rotatable bonds is 18. The van der Waals surface area contributed by atoms with Crippen LogP contribution in [-0.2, 0) is 25.6 Å². The van der Waals surface area contributed by atoms with E-state index in [9.17, 15) is 29.4 Å². The lowest BCUT2D eigenvalue weighted by atomic mass is 9.99. The number of phenols is 1. The molecule has 0 bridgehead atoms. The second kappa shape index (κ2) is 17.9. The number of nitrogens with two attached hydrogens (primary N) is 3. The van der Waals surface area contributed by atoms with Crippen molar-refractivity contribution in [2.75, 3.05) is 18.6 Å². The molecule has 1 aromatic carbocycles. The van der Waals surface area contributed by atoms with E-state index in [0.29, 0.717) is 30.6 Å². The number of benzene rings is 1. The molecule has 0 radical (unpaired) electrons. The van der Waals surface area contributed by atoms with Crippen LogP contribution in [0, 0.1) is 5.92 Å². The quantitative estimate of drug-likeness (QED) is 0.0637. The van der Waals surface area contributed by atoms with Crippen LogP contribution >= 0.6 is 11.8 Å². The Balaban J connectivity index is 3.09. The van der Waals surface area contributed by atoms with E-state index in [1.54, 1.807) is 12.1 Å². The maximum atomic E-state index is 13.3. The molecule has 1 aromatic rings. The van der Waals surface area contributed by atoms with Gasteiger partial charge in [0.2, 0.25) is 17.7 Å². The van der Waals surface area contributed by atoms with Crippen molar-refractivity contribution < 1.29 is 29.4 Å². The van der Waals surface area contributed by atoms with Gasteiger partial charge in [0.05, 0.1) is 6.04 Å². The molecule has 13 nitrogen and oxygen atoms in total. The molecular formula is C26H43N7O6S. The van der Waals surface area contributed by atoms with Gasteiger partial charge in [-0.15, -0.1) is 0 Å². The topological polar surface area (TPSA) is 235 Å². The maximum Gasteiger partial charge on any atom is 0.326 e. The van der Waals surface area contributed by atoms with Gasteiger partial charge in [0.15, 0.2) is 5.96 Å². The van der Waals surface area contributed by atoms with Crippen LogP contribution in [0.5, 0.6) is 5.75 Å². The first-order chi connectivity index (χ1) is 18.9. The molecule has 0 spiro atoms. The molecule has 3 amide bonds. The molecule has 5 atom stereocenters. The van der Waals surface area contributed by atoms with Crippen molar-refractivity contribution in [2.24, 2.45) is 28.1 Å². The number of phenolic OH excluding ortho intramolecular Hbond substituents is 1. The highest BCUT2D eigenvalue weighted by atomic mass is 32.2. The summed E-state index contributed by atoms with van der Waals surface area (Å²) in [6.07, 6.45) is 3.22. The summed E-state index contributed by atoms with van der Waals surface area (Å²) in [5.74, 6) is -2.67. The minimum Gasteiger partial charge on any atom is -0.508 e. The molecule has 224 valence electrons. The Bertz CT molecular complexity index is 1000. The first kappa shape index (κ1) is 34.5. The van der Waals surface area contributed by atoms with Crippen LogP contribution < -0.4 is 33.2 Å². The van der Waals surface area contributed by atoms with Crippen LogP contribution in [-0.4, -0.2) is 82.6 Å². The van der Waals surface area contributed by atoms with E-state index in [1.165, 1.54) is 23.9 Å². The van der Waals surface area contributed by atoms with Crippen LogP contribution in [0.15, 0.2) is 29.3 Å². The number of aliphatic carboxylic acids is 1. The Hall–Kier alpha value is -3.52. The van der Waals surface area contributed by atoms with Gasteiger partial charge in [-0.2, -0.15) is 11.8 Å². The van der Waals surface area contributed by atoms with Crippen LogP contribution in [0.25, 0.3) is 0 Å². The second-order valence-corrected chi connectivity index (χ2v) is 10.5. The molecule has 14 heteroatoms. The number of aromatic hydroxyl groups is 1. The zero-order valence-electron chi connectivity index (χ0n) is 23.3. The van der Waals surface area contributed by atoms with Gasteiger partial charge >= 0.3 is 5.97 Å². The number of hydrogen-bond acceptors (Lipinski definition) is 8. The molecule has 0 heterocycles. The summed E-state index contributed by atoms with van der Waals surface area (Å²) in [6.45, 7) is 3.94. The van der Waals surface area contributed by atoms with E-state index in [0.717, 1.165) is 0 Å². The second-order valence-electron chi connectivity index (χ2n) is 9.53. The molecule has 5 unspecified atom stereocenters. The highest BCUT2D eigenvalue weighted by molar-refractivity contribution is 7.98. The standard InChI is InChI=1S/C26H43N7O6S/c1-4-15(2)21(27)24(37)32-19(11-13-40-3)23(36)31-18(6-5-12-30-26(28)29)22(35)33-20(25(38)39)14-16-7-9-17(34)10-8-16/h7-10,15,18-21,34H,4-6,11-14,27H2,1-3H3,(H,31,36)(H,32,37)(H,33,35)(H,38,39)(H4,28,29,30). The largest absolute Gasteiger partial charge is 0.508 e. The fraction of sp³-hybridized carbons (Fsp3) is 0.577. The average Bonchev–Trinajstić information content (AvgIpc) is 2.91. The monoisotopic (exact) mass is 581 g/mol. The van der Waals surface area contributed by atoms with E-state index in [-0.39, 0.29) is 37.0 Å². The van der Waals surface area contributed by atoms with Crippen molar-refractivity contribution in [2.45, 2.75) is 70.1 Å². The summed E-state index contributed by atoms with van der Waals surface area (Å²) >= 11 is 1.49. The van der Waals surface area contributed by atoms with Gasteiger partial charge in [0.1, 0.15) is 23.9 Å². The molecule has 11 N–H and O–H groups in total. The SMILES string of the molecule is CCC(C)C(N)C(=O)NC(CCSC)C(=O)NC(CCCN=C(N)N)C(=O)NC(Cc1ccc(O)cc1)C(=O)O. The van der Waals surface area contributed by atoms with Crippen molar-refractivity contribution >= 4 is 41.4 Å². The molecule has 0 aliphatic rings. The Labute approximate surface area is 239 Å². The van der Waals surface area contributed by atoms with E-state index in [1.807, 2.05) is 20.1 Å². The van der Waals surface area contributed by atoms with Crippen LogP contribution in [0.3, 0.4) is 0 Å². The number of nitrogens with one attached hydrogen (secondary N) is 3. The molecule has 0 aliphatic heterocycles. The Morgan fingerprint density at radius 2 is 1.50 bits per heavy atom. The fourth-order valence-corrected chi connectivity index (χ4v) is 4.14. The van der Waals surface area contributed by atoms with Gasteiger partial charge in [0, 0.05) is 13.0 Å². The zero-order chi connectivity index (χ0) is 30.2. The van der Waals surface area contributed by atoms with Crippen LogP contribution in [0.1, 0.15) is 45.1 Å². The number of carbonyl (C=O) groups is 4. The van der Waals surface area contributed by atoms with Gasteiger partial charge in [-0.3, -0.25) is 19.4 Å². The lowest BCUT2D eigenvalue weighted by Crippen LogP contribution is -2.57. The molecule has 0 fully saturated rings. The Morgan fingerprint density at radius 3 is 2.02 bits per heavy atom. The number of nitrogens with zero attached hydrogens (tertiary/aromatic N) is 1. The summed E-state index contributed by atoms with van der Waals surface area (Å²) in [7, 11) is 0. The van der Waals surface area contributed by atoms with Gasteiger partial charge < -0.3 is 43.4 Å². The lowest BCUT2D eigenvalue weighted by molar-refractivity contribution is -0.142. The lowest BCUT2D eigenvalue weighted by Gasteiger charge is -2.26. The Morgan fingerprint density at radius 1 is 0.950 bits per heavy atom. The number of amides is 3. The number of carboxylic acids is 1.